The summed E-state index contributed by atoms with van der Waals surface area (Å²) in [6.07, 6.45) is -2.64. The number of hydrogen-bond acceptors (Lipinski definition) is 5. The number of rotatable bonds is 2. The lowest BCUT2D eigenvalue weighted by atomic mass is 9.93. The van der Waals surface area contributed by atoms with Crippen molar-refractivity contribution in [3.8, 4) is 0 Å². The van der Waals surface area contributed by atoms with E-state index in [1.807, 2.05) is 5.43 Å². The molecule has 0 unspecified atom stereocenters. The Morgan fingerprint density at radius 1 is 1.38 bits per heavy atom. The number of carbonyl (C=O) groups is 2. The fourth-order valence-electron chi connectivity index (χ4n) is 3.65. The monoisotopic (exact) mass is 343 g/mol. The van der Waals surface area contributed by atoms with Crippen molar-refractivity contribution in [2.24, 2.45) is 17.7 Å². The average Bonchev–Trinajstić information content (AvgIpc) is 3.07. The number of fused-ring (bicyclic) bond motifs is 1. The van der Waals surface area contributed by atoms with Gasteiger partial charge in [-0.3, -0.25) is 19.9 Å². The number of hydrazine groups is 1. The summed E-state index contributed by atoms with van der Waals surface area (Å²) in [6.45, 7) is 1.30. The average molecular weight is 343 g/mol. The molecule has 3 atom stereocenters. The van der Waals surface area contributed by atoms with E-state index in [2.05, 4.69) is 9.97 Å². The SMILES string of the molecule is Cc1nc(N2C(=O)[C@@H]3CCC[C@@H]3[C@H]2C(=O)NN)cc(C(F)(F)F)n1. The molecule has 0 spiro atoms. The van der Waals surface area contributed by atoms with Gasteiger partial charge in [0.15, 0.2) is 0 Å². The predicted molar refractivity (Wildman–Crippen MR) is 76.2 cm³/mol. The summed E-state index contributed by atoms with van der Waals surface area (Å²) in [6, 6.07) is -0.256. The number of nitrogens with zero attached hydrogens (tertiary/aromatic N) is 3. The van der Waals surface area contributed by atoms with E-state index in [1.54, 1.807) is 0 Å². The van der Waals surface area contributed by atoms with Gasteiger partial charge in [-0.1, -0.05) is 6.42 Å². The number of aryl methyl sites for hydroxylation is 1. The van der Waals surface area contributed by atoms with E-state index < -0.39 is 35.6 Å². The van der Waals surface area contributed by atoms with Crippen molar-refractivity contribution in [1.82, 2.24) is 15.4 Å². The molecule has 1 aliphatic heterocycles. The van der Waals surface area contributed by atoms with Gasteiger partial charge in [-0.25, -0.2) is 15.8 Å². The molecule has 130 valence electrons. The van der Waals surface area contributed by atoms with Crippen LogP contribution in [0.4, 0.5) is 19.0 Å². The third-order valence-corrected chi connectivity index (χ3v) is 4.58. The van der Waals surface area contributed by atoms with Gasteiger partial charge < -0.3 is 0 Å². The minimum absolute atomic E-state index is 0.128. The van der Waals surface area contributed by atoms with Crippen molar-refractivity contribution in [3.63, 3.8) is 0 Å². The molecule has 2 aliphatic rings. The highest BCUT2D eigenvalue weighted by atomic mass is 19.4. The molecular weight excluding hydrogens is 327 g/mol. The molecule has 3 rings (SSSR count). The van der Waals surface area contributed by atoms with Gasteiger partial charge in [-0.15, -0.1) is 0 Å². The number of nitrogens with two attached hydrogens (primary N) is 1. The van der Waals surface area contributed by atoms with Crippen molar-refractivity contribution in [1.29, 1.82) is 0 Å². The van der Waals surface area contributed by atoms with Crippen LogP contribution in [0.5, 0.6) is 0 Å². The second kappa shape index (κ2) is 5.69. The number of anilines is 1. The largest absolute Gasteiger partial charge is 0.433 e. The van der Waals surface area contributed by atoms with Gasteiger partial charge in [0.2, 0.25) is 5.91 Å². The van der Waals surface area contributed by atoms with Gasteiger partial charge in [-0.05, 0) is 19.8 Å². The molecule has 1 aliphatic carbocycles. The van der Waals surface area contributed by atoms with Gasteiger partial charge in [0.05, 0.1) is 0 Å². The van der Waals surface area contributed by atoms with Crippen LogP contribution in [0.1, 0.15) is 30.8 Å². The molecule has 2 fully saturated rings. The number of halogens is 3. The Balaban J connectivity index is 2.08. The van der Waals surface area contributed by atoms with Crippen molar-refractivity contribution in [2.75, 3.05) is 4.90 Å². The first-order chi connectivity index (χ1) is 11.2. The molecule has 3 N–H and O–H groups in total. The Morgan fingerprint density at radius 2 is 2.08 bits per heavy atom. The maximum absolute atomic E-state index is 13.0. The number of amides is 2. The first-order valence-corrected chi connectivity index (χ1v) is 7.50. The lowest BCUT2D eigenvalue weighted by molar-refractivity contribution is -0.141. The van der Waals surface area contributed by atoms with Crippen molar-refractivity contribution < 1.29 is 22.8 Å². The van der Waals surface area contributed by atoms with E-state index in [-0.39, 0.29) is 17.6 Å². The first-order valence-electron chi connectivity index (χ1n) is 7.50. The van der Waals surface area contributed by atoms with Gasteiger partial charge in [0, 0.05) is 17.9 Å². The maximum Gasteiger partial charge on any atom is 0.433 e. The zero-order chi connectivity index (χ0) is 17.6. The molecule has 2 heterocycles. The second-order valence-electron chi connectivity index (χ2n) is 6.02. The molecule has 2 amide bonds. The predicted octanol–water partition coefficient (Wildman–Crippen LogP) is 0.925. The van der Waals surface area contributed by atoms with E-state index in [0.29, 0.717) is 18.9 Å². The van der Waals surface area contributed by atoms with Crippen molar-refractivity contribution >= 4 is 17.6 Å². The lowest BCUT2D eigenvalue weighted by Crippen LogP contribution is -2.50. The molecule has 1 aromatic rings. The Labute approximate surface area is 135 Å². The van der Waals surface area contributed by atoms with Crippen molar-refractivity contribution in [3.05, 3.63) is 17.6 Å². The fraction of sp³-hybridized carbons (Fsp3) is 0.571. The second-order valence-corrected chi connectivity index (χ2v) is 6.02. The minimum atomic E-state index is -4.67. The Bertz CT molecular complexity index is 693. The summed E-state index contributed by atoms with van der Waals surface area (Å²) in [5, 5.41) is 0. The first kappa shape index (κ1) is 16.6. The highest BCUT2D eigenvalue weighted by Crippen LogP contribution is 2.45. The smallest absolute Gasteiger partial charge is 0.292 e. The molecule has 1 saturated heterocycles. The summed E-state index contributed by atoms with van der Waals surface area (Å²) in [7, 11) is 0. The van der Waals surface area contributed by atoms with E-state index in [0.717, 1.165) is 11.3 Å². The van der Waals surface area contributed by atoms with Crippen LogP contribution < -0.4 is 16.2 Å². The molecule has 1 aromatic heterocycles. The summed E-state index contributed by atoms with van der Waals surface area (Å²) in [4.78, 5) is 33.2. The molecule has 7 nitrogen and oxygen atoms in total. The van der Waals surface area contributed by atoms with Gasteiger partial charge in [0.25, 0.3) is 5.91 Å². The van der Waals surface area contributed by atoms with Crippen molar-refractivity contribution in [2.45, 2.75) is 38.4 Å². The molecule has 0 bridgehead atoms. The lowest BCUT2D eigenvalue weighted by Gasteiger charge is -2.26. The topological polar surface area (TPSA) is 101 Å². The van der Waals surface area contributed by atoms with E-state index >= 15 is 0 Å². The summed E-state index contributed by atoms with van der Waals surface area (Å²) >= 11 is 0. The third kappa shape index (κ3) is 2.60. The van der Waals surface area contributed by atoms with Crippen LogP contribution in [0, 0.1) is 18.8 Å². The van der Waals surface area contributed by atoms with Crippen LogP contribution in [0.3, 0.4) is 0 Å². The molecule has 10 heteroatoms. The quantitative estimate of drug-likeness (QED) is 0.472. The van der Waals surface area contributed by atoms with Crippen LogP contribution in [-0.2, 0) is 15.8 Å². The Kier molecular flexibility index (Phi) is 3.94. The highest BCUT2D eigenvalue weighted by molar-refractivity contribution is 6.05. The minimum Gasteiger partial charge on any atom is -0.292 e. The zero-order valence-corrected chi connectivity index (χ0v) is 12.8. The highest BCUT2D eigenvalue weighted by Gasteiger charge is 2.54. The van der Waals surface area contributed by atoms with E-state index in [9.17, 15) is 22.8 Å². The summed E-state index contributed by atoms with van der Waals surface area (Å²) in [5.74, 6) is 3.19. The number of alkyl halides is 3. The number of carbonyl (C=O) groups excluding carboxylic acids is 2. The molecule has 1 saturated carbocycles. The zero-order valence-electron chi connectivity index (χ0n) is 12.8. The molecule has 24 heavy (non-hydrogen) atoms. The third-order valence-electron chi connectivity index (χ3n) is 4.58. The van der Waals surface area contributed by atoms with Crippen LogP contribution >= 0.6 is 0 Å². The molecule has 0 radical (unpaired) electrons. The summed E-state index contributed by atoms with van der Waals surface area (Å²) in [5.41, 5.74) is 0.850. The van der Waals surface area contributed by atoms with Gasteiger partial charge >= 0.3 is 6.18 Å². The number of aromatic nitrogens is 2. The fourth-order valence-corrected chi connectivity index (χ4v) is 3.65. The molecule has 0 aromatic carbocycles. The summed E-state index contributed by atoms with van der Waals surface area (Å²) < 4.78 is 39.0. The van der Waals surface area contributed by atoms with Gasteiger partial charge in [-0.2, -0.15) is 13.2 Å². The Morgan fingerprint density at radius 3 is 2.71 bits per heavy atom. The van der Waals surface area contributed by atoms with Gasteiger partial charge in [0.1, 0.15) is 23.4 Å². The normalized spacial score (nSPS) is 26.6. The van der Waals surface area contributed by atoms with E-state index in [1.165, 1.54) is 6.92 Å². The Hall–Kier alpha value is -2.23. The number of hydrogen-bond donors (Lipinski definition) is 2. The molecular formula is C14H16F3N5O2. The van der Waals surface area contributed by atoms with Crippen LogP contribution in [0.2, 0.25) is 0 Å². The van der Waals surface area contributed by atoms with Crippen LogP contribution in [-0.4, -0.2) is 27.8 Å². The number of nitrogens with one attached hydrogen (secondary N) is 1. The standard InChI is InChI=1S/C14H16F3N5O2/c1-6-19-9(14(15,16)17)5-10(20-6)22-11(12(23)21-18)7-3-2-4-8(7)13(22)24/h5,7-8,11H,2-4,18H2,1H3,(H,21,23)/t7-,8+,11-/m0/s1. The van der Waals surface area contributed by atoms with Crippen LogP contribution in [0.15, 0.2) is 6.07 Å². The van der Waals surface area contributed by atoms with E-state index in [4.69, 9.17) is 5.84 Å². The maximum atomic E-state index is 13.0. The van der Waals surface area contributed by atoms with Crippen LogP contribution in [0.25, 0.3) is 0 Å².